The second-order valence-corrected chi connectivity index (χ2v) is 3.40. The fraction of sp³-hybridized carbons (Fsp3) is 0. The van der Waals surface area contributed by atoms with Crippen molar-refractivity contribution < 1.29 is 9.85 Å². The number of rotatable bonds is 6. The number of hydrogen-bond acceptors (Lipinski definition) is 5. The average Bonchev–Trinajstić information content (AvgIpc) is 2.37. The molecule has 0 saturated carbocycles. The van der Waals surface area contributed by atoms with E-state index in [1.54, 1.807) is 6.08 Å². The van der Waals surface area contributed by atoms with Crippen molar-refractivity contribution >= 4 is 17.1 Å². The van der Waals surface area contributed by atoms with Crippen molar-refractivity contribution in [2.45, 2.75) is 0 Å². The highest BCUT2D eigenvalue weighted by Crippen LogP contribution is 2.29. The normalized spacial score (nSPS) is 10.6. The Hall–Kier alpha value is -2.96. The van der Waals surface area contributed by atoms with E-state index in [-0.39, 0.29) is 17.1 Å². The standard InChI is InChI=1S/C12H11N3O4/c1-3-5-9(4-2)13-11-7-6-10(14(16)17)8-12(11)15(18)19/h3-8,13H,1-2H2/b9-5+. The molecule has 0 heterocycles. The third-order valence-corrected chi connectivity index (χ3v) is 2.19. The Morgan fingerprint density at radius 1 is 1.21 bits per heavy atom. The molecule has 0 radical (unpaired) electrons. The topological polar surface area (TPSA) is 98.3 Å². The number of benzene rings is 1. The lowest BCUT2D eigenvalue weighted by molar-refractivity contribution is -0.393. The van der Waals surface area contributed by atoms with Crippen LogP contribution in [-0.4, -0.2) is 9.85 Å². The summed E-state index contributed by atoms with van der Waals surface area (Å²) in [6.45, 7) is 7.04. The molecule has 0 spiro atoms. The molecule has 0 aliphatic heterocycles. The van der Waals surface area contributed by atoms with Crippen LogP contribution in [0.4, 0.5) is 17.1 Å². The molecule has 0 fully saturated rings. The van der Waals surface area contributed by atoms with Gasteiger partial charge in [-0.15, -0.1) is 0 Å². The summed E-state index contributed by atoms with van der Waals surface area (Å²) < 4.78 is 0. The van der Waals surface area contributed by atoms with Crippen LogP contribution >= 0.6 is 0 Å². The molecule has 0 unspecified atom stereocenters. The summed E-state index contributed by atoms with van der Waals surface area (Å²) in [6, 6.07) is 3.36. The van der Waals surface area contributed by atoms with E-state index in [1.165, 1.54) is 24.3 Å². The van der Waals surface area contributed by atoms with E-state index in [0.29, 0.717) is 5.70 Å². The van der Waals surface area contributed by atoms with Crippen LogP contribution < -0.4 is 5.32 Å². The lowest BCUT2D eigenvalue weighted by Crippen LogP contribution is -2.01. The molecule has 1 rings (SSSR count). The smallest absolute Gasteiger partial charge is 0.299 e. The van der Waals surface area contributed by atoms with E-state index in [0.717, 1.165) is 6.07 Å². The summed E-state index contributed by atoms with van der Waals surface area (Å²) >= 11 is 0. The van der Waals surface area contributed by atoms with Crippen LogP contribution in [0, 0.1) is 20.2 Å². The fourth-order valence-corrected chi connectivity index (χ4v) is 1.33. The molecular formula is C12H11N3O4. The number of anilines is 1. The van der Waals surface area contributed by atoms with E-state index in [1.807, 2.05) is 0 Å². The van der Waals surface area contributed by atoms with Gasteiger partial charge in [0.05, 0.1) is 15.9 Å². The SMILES string of the molecule is C=C/C=C(\C=C)Nc1ccc([N+](=O)[O-])cc1[N+](=O)[O-]. The summed E-state index contributed by atoms with van der Waals surface area (Å²) in [5.41, 5.74) is -0.0910. The number of nitrogens with one attached hydrogen (secondary N) is 1. The predicted molar refractivity (Wildman–Crippen MR) is 71.9 cm³/mol. The summed E-state index contributed by atoms with van der Waals surface area (Å²) in [5, 5.41) is 24.2. The van der Waals surface area contributed by atoms with Crippen LogP contribution in [0.5, 0.6) is 0 Å². The first-order valence-corrected chi connectivity index (χ1v) is 5.14. The molecule has 0 aromatic heterocycles. The summed E-state index contributed by atoms with van der Waals surface area (Å²) in [5.74, 6) is 0. The van der Waals surface area contributed by atoms with Crippen LogP contribution in [0.3, 0.4) is 0 Å². The zero-order valence-corrected chi connectivity index (χ0v) is 9.91. The van der Waals surface area contributed by atoms with Gasteiger partial charge in [-0.25, -0.2) is 0 Å². The van der Waals surface area contributed by atoms with Gasteiger partial charge in [0.2, 0.25) is 0 Å². The second-order valence-electron chi connectivity index (χ2n) is 3.40. The molecule has 1 aromatic carbocycles. The molecule has 19 heavy (non-hydrogen) atoms. The second kappa shape index (κ2) is 6.10. The Kier molecular flexibility index (Phi) is 4.53. The van der Waals surface area contributed by atoms with Gasteiger partial charge in [-0.2, -0.15) is 0 Å². The Balaban J connectivity index is 3.24. The maximum absolute atomic E-state index is 10.9. The summed E-state index contributed by atoms with van der Waals surface area (Å²) in [4.78, 5) is 20.1. The van der Waals surface area contributed by atoms with Gasteiger partial charge in [0.25, 0.3) is 11.4 Å². The van der Waals surface area contributed by atoms with Gasteiger partial charge in [0.15, 0.2) is 0 Å². The minimum Gasteiger partial charge on any atom is -0.350 e. The van der Waals surface area contributed by atoms with E-state index < -0.39 is 9.85 Å². The number of nitro benzene ring substituents is 2. The van der Waals surface area contributed by atoms with Crippen molar-refractivity contribution in [1.29, 1.82) is 0 Å². The monoisotopic (exact) mass is 261 g/mol. The first-order valence-electron chi connectivity index (χ1n) is 5.14. The first kappa shape index (κ1) is 14.1. The van der Waals surface area contributed by atoms with Crippen molar-refractivity contribution in [2.75, 3.05) is 5.32 Å². The van der Waals surface area contributed by atoms with Gasteiger partial charge in [0, 0.05) is 11.8 Å². The molecule has 0 atom stereocenters. The van der Waals surface area contributed by atoms with Gasteiger partial charge in [-0.05, 0) is 18.2 Å². The number of hydrogen-bond donors (Lipinski definition) is 1. The lowest BCUT2D eigenvalue weighted by atomic mass is 10.2. The fourth-order valence-electron chi connectivity index (χ4n) is 1.33. The van der Waals surface area contributed by atoms with Gasteiger partial charge >= 0.3 is 0 Å². The maximum Gasteiger partial charge on any atom is 0.299 e. The minimum atomic E-state index is -0.691. The van der Waals surface area contributed by atoms with Crippen LogP contribution in [0.15, 0.2) is 55.3 Å². The van der Waals surface area contributed by atoms with E-state index in [9.17, 15) is 20.2 Å². The van der Waals surface area contributed by atoms with Crippen molar-refractivity contribution in [2.24, 2.45) is 0 Å². The Morgan fingerprint density at radius 2 is 1.89 bits per heavy atom. The number of nitrogens with zero attached hydrogens (tertiary/aromatic N) is 2. The highest BCUT2D eigenvalue weighted by atomic mass is 16.6. The number of allylic oxidation sites excluding steroid dienone is 3. The summed E-state index contributed by atoms with van der Waals surface area (Å²) in [7, 11) is 0. The van der Waals surface area contributed by atoms with Crippen LogP contribution in [-0.2, 0) is 0 Å². The zero-order valence-electron chi connectivity index (χ0n) is 9.91. The third kappa shape index (κ3) is 3.50. The average molecular weight is 261 g/mol. The highest BCUT2D eigenvalue weighted by molar-refractivity contribution is 5.68. The molecule has 7 heteroatoms. The molecule has 0 amide bonds. The summed E-state index contributed by atoms with van der Waals surface area (Å²) in [6.07, 6.45) is 4.51. The van der Waals surface area contributed by atoms with E-state index in [2.05, 4.69) is 18.5 Å². The molecule has 0 bridgehead atoms. The van der Waals surface area contributed by atoms with Gasteiger partial charge < -0.3 is 5.32 Å². The lowest BCUT2D eigenvalue weighted by Gasteiger charge is -2.07. The largest absolute Gasteiger partial charge is 0.350 e. The molecule has 1 aromatic rings. The Bertz CT molecular complexity index is 578. The Labute approximate surface area is 108 Å². The molecule has 0 aliphatic carbocycles. The first-order chi connectivity index (χ1) is 8.99. The third-order valence-electron chi connectivity index (χ3n) is 2.19. The van der Waals surface area contributed by atoms with Crippen molar-refractivity contribution in [3.8, 4) is 0 Å². The van der Waals surface area contributed by atoms with Crippen LogP contribution in [0.25, 0.3) is 0 Å². The van der Waals surface area contributed by atoms with Gasteiger partial charge in [-0.3, -0.25) is 20.2 Å². The van der Waals surface area contributed by atoms with Crippen LogP contribution in [0.1, 0.15) is 0 Å². The van der Waals surface area contributed by atoms with E-state index >= 15 is 0 Å². The Morgan fingerprint density at radius 3 is 2.37 bits per heavy atom. The zero-order chi connectivity index (χ0) is 14.4. The van der Waals surface area contributed by atoms with Gasteiger partial charge in [-0.1, -0.05) is 19.2 Å². The highest BCUT2D eigenvalue weighted by Gasteiger charge is 2.19. The molecular weight excluding hydrogens is 250 g/mol. The molecule has 0 aliphatic rings. The van der Waals surface area contributed by atoms with E-state index in [4.69, 9.17) is 0 Å². The van der Waals surface area contributed by atoms with Crippen molar-refractivity contribution in [1.82, 2.24) is 0 Å². The molecule has 7 nitrogen and oxygen atoms in total. The number of non-ortho nitro benzene ring substituents is 1. The predicted octanol–water partition coefficient (Wildman–Crippen LogP) is 3.17. The molecule has 98 valence electrons. The molecule has 1 N–H and O–H groups in total. The van der Waals surface area contributed by atoms with Crippen molar-refractivity contribution in [3.05, 3.63) is 75.5 Å². The quantitative estimate of drug-likeness (QED) is 0.481. The maximum atomic E-state index is 10.9. The number of nitro groups is 2. The van der Waals surface area contributed by atoms with Crippen LogP contribution in [0.2, 0.25) is 0 Å². The molecule has 0 saturated heterocycles. The van der Waals surface area contributed by atoms with Gasteiger partial charge in [0.1, 0.15) is 5.69 Å². The van der Waals surface area contributed by atoms with Crippen molar-refractivity contribution in [3.63, 3.8) is 0 Å². The minimum absolute atomic E-state index is 0.142.